The van der Waals surface area contributed by atoms with Crippen LogP contribution in [0.25, 0.3) is 0 Å². The van der Waals surface area contributed by atoms with Crippen LogP contribution in [0, 0.1) is 0 Å². The van der Waals surface area contributed by atoms with Gasteiger partial charge in [-0.3, -0.25) is 9.59 Å². The van der Waals surface area contributed by atoms with Gasteiger partial charge in [-0.25, -0.2) is 0 Å². The van der Waals surface area contributed by atoms with Gasteiger partial charge in [0.25, 0.3) is 0 Å². The maximum Gasteiger partial charge on any atom is 0.305 e. The van der Waals surface area contributed by atoms with Gasteiger partial charge in [0, 0.05) is 12.8 Å². The Morgan fingerprint density at radius 1 is 0.439 bits per heavy atom. The number of hydrogen-bond donors (Lipinski definition) is 6. The van der Waals surface area contributed by atoms with Gasteiger partial charge >= 0.3 is 5.97 Å². The standard InChI is InChI=1S/C71H135NO10/c1-3-5-7-9-11-13-14-15-32-36-39-43-47-51-55-59-67(76)80-60-56-52-48-44-40-37-34-31-29-27-25-23-21-19-17-16-18-20-22-24-26-28-30-33-35-38-42-46-50-54-58-66(75)72-63(64(74)57-53-49-45-41-12-10-8-6-4-2)62-81-71-70(79)69(78)68(77)65(61-73)82-71/h15,32,53,57,63-65,68-71,73-74,77-79H,3-14,16-31,33-52,54-56,58-62H2,1-2H3,(H,72,75)/b32-15-,57-53+. The molecule has 0 bridgehead atoms. The van der Waals surface area contributed by atoms with Crippen LogP contribution in [0.15, 0.2) is 24.3 Å². The Kier molecular flexibility index (Phi) is 58.0. The third-order valence-electron chi connectivity index (χ3n) is 17.1. The van der Waals surface area contributed by atoms with Crippen LogP contribution in [-0.4, -0.2) is 100 Å². The summed E-state index contributed by atoms with van der Waals surface area (Å²) < 4.78 is 16.7. The van der Waals surface area contributed by atoms with Gasteiger partial charge in [0.1, 0.15) is 24.4 Å². The minimum absolute atomic E-state index is 0.00434. The molecule has 0 spiro atoms. The first-order chi connectivity index (χ1) is 40.2. The van der Waals surface area contributed by atoms with Crippen molar-refractivity contribution in [3.05, 3.63) is 24.3 Å². The van der Waals surface area contributed by atoms with Crippen molar-refractivity contribution in [1.82, 2.24) is 5.32 Å². The fourth-order valence-corrected chi connectivity index (χ4v) is 11.4. The Bertz CT molecular complexity index is 1410. The topological polar surface area (TPSA) is 175 Å². The summed E-state index contributed by atoms with van der Waals surface area (Å²) in [4.78, 5) is 25.1. The lowest BCUT2D eigenvalue weighted by Gasteiger charge is -2.40. The summed E-state index contributed by atoms with van der Waals surface area (Å²) in [5.74, 6) is -0.174. The van der Waals surface area contributed by atoms with E-state index < -0.39 is 49.5 Å². The van der Waals surface area contributed by atoms with E-state index in [2.05, 4.69) is 31.3 Å². The zero-order valence-electron chi connectivity index (χ0n) is 53.7. The van der Waals surface area contributed by atoms with Crippen LogP contribution in [0.4, 0.5) is 0 Å². The summed E-state index contributed by atoms with van der Waals surface area (Å²) in [7, 11) is 0. The molecular weight excluding hydrogens is 1030 g/mol. The normalized spacial score (nSPS) is 18.3. The molecular formula is C71H135NO10. The predicted molar refractivity (Wildman–Crippen MR) is 343 cm³/mol. The van der Waals surface area contributed by atoms with Crippen LogP contribution in [0.1, 0.15) is 354 Å². The molecule has 1 amide bonds. The number of nitrogens with one attached hydrogen (secondary N) is 1. The lowest BCUT2D eigenvalue weighted by molar-refractivity contribution is -0.302. The summed E-state index contributed by atoms with van der Waals surface area (Å²) in [6.45, 7) is 4.34. The molecule has 82 heavy (non-hydrogen) atoms. The Labute approximate surface area is 505 Å². The lowest BCUT2D eigenvalue weighted by atomic mass is 9.99. The van der Waals surface area contributed by atoms with Crippen molar-refractivity contribution in [3.8, 4) is 0 Å². The van der Waals surface area contributed by atoms with Gasteiger partial charge in [-0.1, -0.05) is 308 Å². The number of allylic oxidation sites excluding steroid dienone is 3. The number of unbranched alkanes of at least 4 members (excludes halogenated alkanes) is 47. The molecule has 1 saturated heterocycles. The highest BCUT2D eigenvalue weighted by Gasteiger charge is 2.44. The SMILES string of the molecule is CCCCCCCC/C=C\CCCCCCCC(=O)OCCCCCCCCCCCCCCCCCCCCCCCCCCCCCCCCC(=O)NC(COC1OC(CO)C(O)C(O)C1O)C(O)/C=C/CCCCCCCCC. The van der Waals surface area contributed by atoms with Gasteiger partial charge in [0.15, 0.2) is 6.29 Å². The highest BCUT2D eigenvalue weighted by molar-refractivity contribution is 5.76. The van der Waals surface area contributed by atoms with Crippen molar-refractivity contribution < 1.29 is 49.3 Å². The van der Waals surface area contributed by atoms with Crippen LogP contribution in [0.2, 0.25) is 0 Å². The van der Waals surface area contributed by atoms with Crippen molar-refractivity contribution in [2.24, 2.45) is 0 Å². The van der Waals surface area contributed by atoms with Gasteiger partial charge in [0.05, 0.1) is 32.0 Å². The molecule has 484 valence electrons. The highest BCUT2D eigenvalue weighted by atomic mass is 16.7. The van der Waals surface area contributed by atoms with Crippen LogP contribution in [0.3, 0.4) is 0 Å². The van der Waals surface area contributed by atoms with Crippen LogP contribution < -0.4 is 5.32 Å². The second-order valence-electron chi connectivity index (χ2n) is 24.9. The monoisotopic (exact) mass is 1160 g/mol. The van der Waals surface area contributed by atoms with Crippen LogP contribution in [-0.2, 0) is 23.8 Å². The lowest BCUT2D eigenvalue weighted by Crippen LogP contribution is -2.60. The third-order valence-corrected chi connectivity index (χ3v) is 17.1. The molecule has 7 unspecified atom stereocenters. The minimum Gasteiger partial charge on any atom is -0.466 e. The first-order valence-electron chi connectivity index (χ1n) is 35.6. The molecule has 0 radical (unpaired) electrons. The maximum absolute atomic E-state index is 13.0. The zero-order chi connectivity index (χ0) is 59.5. The second-order valence-corrected chi connectivity index (χ2v) is 24.9. The van der Waals surface area contributed by atoms with Crippen molar-refractivity contribution in [2.45, 2.75) is 397 Å². The van der Waals surface area contributed by atoms with Gasteiger partial charge in [-0.2, -0.15) is 0 Å². The molecule has 1 rings (SSSR count). The highest BCUT2D eigenvalue weighted by Crippen LogP contribution is 2.23. The number of esters is 1. The Morgan fingerprint density at radius 3 is 1.17 bits per heavy atom. The van der Waals surface area contributed by atoms with E-state index in [0.717, 1.165) is 57.8 Å². The molecule has 11 heteroatoms. The number of aliphatic hydroxyl groups is 5. The number of rotatable bonds is 63. The van der Waals surface area contributed by atoms with E-state index in [1.54, 1.807) is 6.08 Å². The third kappa shape index (κ3) is 49.3. The molecule has 0 saturated carbocycles. The number of carbonyl (C=O) groups excluding carboxylic acids is 2. The molecule has 1 heterocycles. The summed E-state index contributed by atoms with van der Waals surface area (Å²) >= 11 is 0. The molecule has 1 aliphatic heterocycles. The molecule has 1 fully saturated rings. The summed E-state index contributed by atoms with van der Waals surface area (Å²) in [5, 5.41) is 54.3. The largest absolute Gasteiger partial charge is 0.466 e. The second kappa shape index (κ2) is 60.8. The smallest absolute Gasteiger partial charge is 0.305 e. The molecule has 0 aliphatic carbocycles. The zero-order valence-corrected chi connectivity index (χ0v) is 53.7. The summed E-state index contributed by atoms with van der Waals surface area (Å²) in [6, 6.07) is -0.805. The number of ether oxygens (including phenoxy) is 3. The molecule has 11 nitrogen and oxygen atoms in total. The molecule has 0 aromatic heterocycles. The van der Waals surface area contributed by atoms with Crippen LogP contribution in [0.5, 0.6) is 0 Å². The molecule has 1 aliphatic rings. The van der Waals surface area contributed by atoms with Crippen LogP contribution >= 0.6 is 0 Å². The molecule has 7 atom stereocenters. The maximum atomic E-state index is 13.0. The average Bonchev–Trinajstić information content (AvgIpc) is 3.63. The van der Waals surface area contributed by atoms with Crippen molar-refractivity contribution in [1.29, 1.82) is 0 Å². The summed E-state index contributed by atoms with van der Waals surface area (Å²) in [6.07, 6.45) is 66.2. The van der Waals surface area contributed by atoms with E-state index in [0.29, 0.717) is 19.4 Å². The fraction of sp³-hybridized carbons (Fsp3) is 0.915. The molecule has 6 N–H and O–H groups in total. The minimum atomic E-state index is -1.57. The Hall–Kier alpha value is -1.86. The number of aliphatic hydroxyl groups excluding tert-OH is 5. The predicted octanol–water partition coefficient (Wildman–Crippen LogP) is 18.0. The number of hydrogen-bond acceptors (Lipinski definition) is 10. The first-order valence-corrected chi connectivity index (χ1v) is 35.6. The van der Waals surface area contributed by atoms with E-state index in [-0.39, 0.29) is 18.5 Å². The van der Waals surface area contributed by atoms with Gasteiger partial charge in [-0.05, 0) is 57.8 Å². The van der Waals surface area contributed by atoms with Gasteiger partial charge in [-0.15, -0.1) is 0 Å². The van der Waals surface area contributed by atoms with E-state index in [9.17, 15) is 35.1 Å². The average molecular weight is 1160 g/mol. The number of carbonyl (C=O) groups is 2. The van der Waals surface area contributed by atoms with E-state index in [1.807, 2.05) is 6.08 Å². The summed E-state index contributed by atoms with van der Waals surface area (Å²) in [5.41, 5.74) is 0. The quantitative estimate of drug-likeness (QED) is 0.0195. The Balaban J connectivity index is 1.89. The number of amides is 1. The molecule has 0 aromatic carbocycles. The fourth-order valence-electron chi connectivity index (χ4n) is 11.4. The van der Waals surface area contributed by atoms with Crippen molar-refractivity contribution in [2.75, 3.05) is 19.8 Å². The van der Waals surface area contributed by atoms with Crippen molar-refractivity contribution >= 4 is 11.9 Å². The van der Waals surface area contributed by atoms with E-state index in [1.165, 1.54) is 270 Å². The van der Waals surface area contributed by atoms with Gasteiger partial charge in [0.2, 0.25) is 5.91 Å². The van der Waals surface area contributed by atoms with Gasteiger partial charge < -0.3 is 45.1 Å². The first kappa shape index (κ1) is 78.2. The molecule has 0 aromatic rings. The van der Waals surface area contributed by atoms with E-state index in [4.69, 9.17) is 14.2 Å². The van der Waals surface area contributed by atoms with E-state index >= 15 is 0 Å². The Morgan fingerprint density at radius 2 is 0.780 bits per heavy atom. The van der Waals surface area contributed by atoms with Crippen molar-refractivity contribution in [3.63, 3.8) is 0 Å².